The molecule has 1 atom stereocenters. The molecular weight excluding hydrogens is 302 g/mol. The third kappa shape index (κ3) is 3.56. The van der Waals surface area contributed by atoms with Gasteiger partial charge in [0.05, 0.1) is 0 Å². The first-order valence-electron chi connectivity index (χ1n) is 8.07. The molecule has 0 saturated heterocycles. The summed E-state index contributed by atoms with van der Waals surface area (Å²) < 4.78 is 0. The Kier molecular flexibility index (Phi) is 4.51. The summed E-state index contributed by atoms with van der Waals surface area (Å²) in [5, 5.41) is 5.79. The van der Waals surface area contributed by atoms with Crippen LogP contribution in [0.4, 0.5) is 17.1 Å². The first-order valence-corrected chi connectivity index (χ1v) is 8.07. The van der Waals surface area contributed by atoms with Crippen LogP contribution < -0.4 is 16.4 Å². The molecule has 1 unspecified atom stereocenters. The Morgan fingerprint density at radius 1 is 1.29 bits per heavy atom. The Labute approximate surface area is 141 Å². The molecule has 2 aromatic rings. The maximum absolute atomic E-state index is 12.2. The number of benzene rings is 2. The molecule has 2 aromatic carbocycles. The molecule has 0 bridgehead atoms. The Morgan fingerprint density at radius 2 is 2.08 bits per heavy atom. The highest BCUT2D eigenvalue weighted by molar-refractivity contribution is 5.96. The van der Waals surface area contributed by atoms with Crippen molar-refractivity contribution in [3.63, 3.8) is 0 Å². The van der Waals surface area contributed by atoms with Crippen LogP contribution in [0.15, 0.2) is 42.5 Å². The maximum atomic E-state index is 12.2. The van der Waals surface area contributed by atoms with Crippen molar-refractivity contribution < 1.29 is 9.59 Å². The van der Waals surface area contributed by atoms with Crippen molar-refractivity contribution in [3.05, 3.63) is 53.6 Å². The van der Waals surface area contributed by atoms with Gasteiger partial charge in [0, 0.05) is 29.4 Å². The lowest BCUT2D eigenvalue weighted by atomic mass is 9.89. The molecule has 3 rings (SSSR count). The lowest BCUT2D eigenvalue weighted by Crippen LogP contribution is -2.30. The zero-order valence-electron chi connectivity index (χ0n) is 13.6. The summed E-state index contributed by atoms with van der Waals surface area (Å²) in [5.74, 6) is -0.287. The van der Waals surface area contributed by atoms with Gasteiger partial charge in [0.25, 0.3) is 0 Å². The Morgan fingerprint density at radius 3 is 2.92 bits per heavy atom. The molecule has 0 saturated carbocycles. The summed E-state index contributed by atoms with van der Waals surface area (Å²) >= 11 is 0. The number of anilines is 3. The Bertz CT molecular complexity index is 786. The number of hydrogen-bond acceptors (Lipinski definition) is 3. The van der Waals surface area contributed by atoms with Gasteiger partial charge in [-0.05, 0) is 49.1 Å². The lowest BCUT2D eigenvalue weighted by Gasteiger charge is -2.24. The molecule has 5 heteroatoms. The highest BCUT2D eigenvalue weighted by Crippen LogP contribution is 2.27. The van der Waals surface area contributed by atoms with Crippen LogP contribution >= 0.6 is 0 Å². The second kappa shape index (κ2) is 6.74. The number of rotatable bonds is 4. The van der Waals surface area contributed by atoms with Crippen molar-refractivity contribution in [3.8, 4) is 0 Å². The van der Waals surface area contributed by atoms with E-state index in [1.54, 1.807) is 12.1 Å². The van der Waals surface area contributed by atoms with Crippen molar-refractivity contribution in [1.82, 2.24) is 0 Å². The van der Waals surface area contributed by atoms with Gasteiger partial charge in [-0.2, -0.15) is 0 Å². The molecular formula is C19H21N3O2. The van der Waals surface area contributed by atoms with Crippen LogP contribution in [0, 0.1) is 12.8 Å². The van der Waals surface area contributed by atoms with E-state index >= 15 is 0 Å². The minimum atomic E-state index is -0.174. The molecule has 24 heavy (non-hydrogen) atoms. The van der Waals surface area contributed by atoms with Crippen molar-refractivity contribution >= 4 is 28.9 Å². The smallest absolute Gasteiger partial charge is 0.227 e. The fourth-order valence-corrected chi connectivity index (χ4v) is 2.94. The monoisotopic (exact) mass is 323 g/mol. The molecule has 1 aliphatic rings. The molecule has 5 nitrogen and oxygen atoms in total. The van der Waals surface area contributed by atoms with Gasteiger partial charge in [-0.15, -0.1) is 0 Å². The molecule has 0 spiro atoms. The summed E-state index contributed by atoms with van der Waals surface area (Å²) in [4.78, 5) is 24.4. The summed E-state index contributed by atoms with van der Waals surface area (Å²) in [5.41, 5.74) is 10.0. The predicted octanol–water partition coefficient (Wildman–Crippen LogP) is 3.11. The van der Waals surface area contributed by atoms with Gasteiger partial charge < -0.3 is 16.4 Å². The second-order valence-electron chi connectivity index (χ2n) is 6.21. The number of fused-ring (bicyclic) bond motifs is 1. The molecule has 124 valence electrons. The van der Waals surface area contributed by atoms with Gasteiger partial charge in [0.2, 0.25) is 11.8 Å². The first-order chi connectivity index (χ1) is 11.5. The van der Waals surface area contributed by atoms with E-state index < -0.39 is 0 Å². The zero-order chi connectivity index (χ0) is 17.1. The summed E-state index contributed by atoms with van der Waals surface area (Å²) in [6.07, 6.45) is 1.49. The van der Waals surface area contributed by atoms with Crippen LogP contribution in [0.2, 0.25) is 0 Å². The third-order valence-corrected chi connectivity index (χ3v) is 4.37. The molecule has 1 aliphatic heterocycles. The van der Waals surface area contributed by atoms with Gasteiger partial charge in [-0.25, -0.2) is 0 Å². The fourth-order valence-electron chi connectivity index (χ4n) is 2.94. The van der Waals surface area contributed by atoms with Gasteiger partial charge >= 0.3 is 0 Å². The molecule has 0 fully saturated rings. The Balaban J connectivity index is 1.59. The number of amides is 2. The minimum absolute atomic E-state index is 0.0124. The molecule has 0 aromatic heterocycles. The molecule has 4 N–H and O–H groups in total. The van der Waals surface area contributed by atoms with E-state index in [0.717, 1.165) is 22.5 Å². The minimum Gasteiger partial charge on any atom is -0.399 e. The number of carbonyl (C=O) groups is 2. The standard InChI is InChI=1S/C19H21N3O2/c1-12-6-8-15(20)11-17(12)21-18(23)9-7-14-10-13-4-2-3-5-16(13)22-19(14)24/h2-6,8,11,14H,7,9-10,20H2,1H3,(H,21,23)(H,22,24). The number of nitrogens with two attached hydrogens (primary N) is 1. The van der Waals surface area contributed by atoms with Crippen LogP contribution in [0.3, 0.4) is 0 Å². The van der Waals surface area contributed by atoms with E-state index in [-0.39, 0.29) is 17.7 Å². The average Bonchev–Trinajstić information content (AvgIpc) is 2.56. The van der Waals surface area contributed by atoms with Gasteiger partial charge in [-0.3, -0.25) is 9.59 Å². The van der Waals surface area contributed by atoms with E-state index in [1.807, 2.05) is 37.3 Å². The molecule has 0 aliphatic carbocycles. The van der Waals surface area contributed by atoms with E-state index in [4.69, 9.17) is 5.73 Å². The molecule has 1 heterocycles. The number of aryl methyl sites for hydroxylation is 1. The lowest BCUT2D eigenvalue weighted by molar-refractivity contribution is -0.121. The van der Waals surface area contributed by atoms with Gasteiger partial charge in [0.15, 0.2) is 0 Å². The van der Waals surface area contributed by atoms with Crippen LogP contribution in [-0.2, 0) is 16.0 Å². The number of carbonyl (C=O) groups excluding carboxylic acids is 2. The van der Waals surface area contributed by atoms with Crippen molar-refractivity contribution in [2.45, 2.75) is 26.2 Å². The average molecular weight is 323 g/mol. The number of nitrogen functional groups attached to an aromatic ring is 1. The van der Waals surface area contributed by atoms with Gasteiger partial charge in [0.1, 0.15) is 0 Å². The first kappa shape index (κ1) is 16.1. The van der Waals surface area contributed by atoms with E-state index in [2.05, 4.69) is 10.6 Å². The van der Waals surface area contributed by atoms with Crippen LogP contribution in [0.5, 0.6) is 0 Å². The quantitative estimate of drug-likeness (QED) is 0.756. The van der Waals surface area contributed by atoms with Crippen molar-refractivity contribution in [2.75, 3.05) is 16.4 Å². The van der Waals surface area contributed by atoms with Crippen molar-refractivity contribution in [2.24, 2.45) is 5.92 Å². The number of nitrogens with one attached hydrogen (secondary N) is 2. The summed E-state index contributed by atoms with van der Waals surface area (Å²) in [6.45, 7) is 1.92. The predicted molar refractivity (Wildman–Crippen MR) is 95.7 cm³/mol. The SMILES string of the molecule is Cc1ccc(N)cc1NC(=O)CCC1Cc2ccccc2NC1=O. The highest BCUT2D eigenvalue weighted by Gasteiger charge is 2.26. The van der Waals surface area contributed by atoms with Crippen LogP contribution in [0.1, 0.15) is 24.0 Å². The summed E-state index contributed by atoms with van der Waals surface area (Å²) in [6, 6.07) is 13.2. The molecule has 2 amide bonds. The normalized spacial score (nSPS) is 16.2. The topological polar surface area (TPSA) is 84.2 Å². The fraction of sp³-hybridized carbons (Fsp3) is 0.263. The van der Waals surface area contributed by atoms with Crippen molar-refractivity contribution in [1.29, 1.82) is 0 Å². The largest absolute Gasteiger partial charge is 0.399 e. The van der Waals surface area contributed by atoms with Crippen LogP contribution in [-0.4, -0.2) is 11.8 Å². The van der Waals surface area contributed by atoms with E-state index in [1.165, 1.54) is 0 Å². The number of hydrogen-bond donors (Lipinski definition) is 3. The zero-order valence-corrected chi connectivity index (χ0v) is 13.6. The Hall–Kier alpha value is -2.82. The third-order valence-electron chi connectivity index (χ3n) is 4.37. The maximum Gasteiger partial charge on any atom is 0.227 e. The van der Waals surface area contributed by atoms with Crippen LogP contribution in [0.25, 0.3) is 0 Å². The molecule has 0 radical (unpaired) electrons. The highest BCUT2D eigenvalue weighted by atomic mass is 16.2. The second-order valence-corrected chi connectivity index (χ2v) is 6.21. The van der Waals surface area contributed by atoms with E-state index in [0.29, 0.717) is 24.9 Å². The summed E-state index contributed by atoms with van der Waals surface area (Å²) in [7, 11) is 0. The van der Waals surface area contributed by atoms with E-state index in [9.17, 15) is 9.59 Å². The van der Waals surface area contributed by atoms with Gasteiger partial charge in [-0.1, -0.05) is 24.3 Å². The number of para-hydroxylation sites is 1.